The number of halogens is 1. The number of amides is 3. The molecule has 0 radical (unpaired) electrons. The highest BCUT2D eigenvalue weighted by Gasteiger charge is 2.76. The van der Waals surface area contributed by atoms with Crippen LogP contribution in [-0.2, 0) is 25.7 Å². The maximum absolute atomic E-state index is 14.0. The van der Waals surface area contributed by atoms with E-state index >= 15 is 0 Å². The van der Waals surface area contributed by atoms with Crippen LogP contribution in [0, 0.1) is 11.8 Å². The first-order chi connectivity index (χ1) is 19.8. The number of carbonyl (C=O) groups is 3. The molecule has 0 aromatic heterocycles. The molecule has 6 atom stereocenters. The van der Waals surface area contributed by atoms with E-state index in [1.165, 1.54) is 0 Å². The highest BCUT2D eigenvalue weighted by Crippen LogP contribution is 2.60. The van der Waals surface area contributed by atoms with E-state index in [2.05, 4.69) is 45.3 Å². The summed E-state index contributed by atoms with van der Waals surface area (Å²) in [6, 6.07) is 16.4. The summed E-state index contributed by atoms with van der Waals surface area (Å²) in [6.07, 6.45) is 0.988. The van der Waals surface area contributed by atoms with E-state index in [1.54, 1.807) is 4.90 Å². The van der Waals surface area contributed by atoms with Crippen molar-refractivity contribution in [1.29, 1.82) is 0 Å². The lowest BCUT2D eigenvalue weighted by Gasteiger charge is -2.34. The van der Waals surface area contributed by atoms with Gasteiger partial charge in [-0.2, -0.15) is 0 Å². The van der Waals surface area contributed by atoms with Gasteiger partial charge in [0.25, 0.3) is 0 Å². The van der Waals surface area contributed by atoms with E-state index in [4.69, 9.17) is 4.74 Å². The number of carbonyl (C=O) groups excluding carboxylic acids is 3. The Labute approximate surface area is 249 Å². The number of nitrogens with zero attached hydrogens (tertiary/aromatic N) is 2. The molecule has 0 saturated carbocycles. The van der Waals surface area contributed by atoms with Crippen molar-refractivity contribution in [3.8, 4) is 0 Å². The van der Waals surface area contributed by atoms with Crippen molar-refractivity contribution in [2.45, 2.75) is 62.2 Å². The zero-order chi connectivity index (χ0) is 29.1. The molecule has 220 valence electrons. The number of aliphatic hydroxyl groups is 1. The summed E-state index contributed by atoms with van der Waals surface area (Å²) in [5.41, 5.74) is 1.55. The zero-order valence-corrected chi connectivity index (χ0v) is 25.2. The molecule has 1 spiro atoms. The summed E-state index contributed by atoms with van der Waals surface area (Å²) in [4.78, 5) is 45.2. The van der Waals surface area contributed by atoms with Crippen LogP contribution in [0.5, 0.6) is 0 Å². The first-order valence-corrected chi connectivity index (χ1v) is 15.5. The molecule has 9 nitrogen and oxygen atoms in total. The van der Waals surface area contributed by atoms with E-state index in [9.17, 15) is 19.5 Å². The van der Waals surface area contributed by atoms with Crippen molar-refractivity contribution in [2.75, 3.05) is 36.5 Å². The minimum absolute atomic E-state index is 0.00107. The van der Waals surface area contributed by atoms with Crippen LogP contribution < -0.4 is 15.5 Å². The second-order valence-electron chi connectivity index (χ2n) is 11.0. The van der Waals surface area contributed by atoms with Crippen LogP contribution in [0.1, 0.15) is 38.7 Å². The third-order valence-corrected chi connectivity index (χ3v) is 9.57. The van der Waals surface area contributed by atoms with Gasteiger partial charge in [-0.25, -0.2) is 0 Å². The molecule has 3 amide bonds. The first kappa shape index (κ1) is 29.5. The Morgan fingerprint density at radius 1 is 1.07 bits per heavy atom. The smallest absolute Gasteiger partial charge is 0.250 e. The quantitative estimate of drug-likeness (QED) is 0.246. The number of fused-ring (bicyclic) bond motifs is 1. The minimum Gasteiger partial charge on any atom is -0.396 e. The monoisotopic (exact) mass is 626 g/mol. The van der Waals surface area contributed by atoms with Crippen LogP contribution in [0.3, 0.4) is 0 Å². The van der Waals surface area contributed by atoms with Gasteiger partial charge in [0.1, 0.15) is 11.6 Å². The molecule has 3 aliphatic rings. The minimum atomic E-state index is -1.12. The topological polar surface area (TPSA) is 111 Å². The largest absolute Gasteiger partial charge is 0.396 e. The highest BCUT2D eigenvalue weighted by molar-refractivity contribution is 9.09. The van der Waals surface area contributed by atoms with E-state index < -0.39 is 29.6 Å². The SMILES string of the molecule is CCN(CC)c1ccc(NC(=O)C2N(CCCCO)C(=O)[C@@H]3[C@@H](C(=O)NCc4ccccc4)[C@@H]4OC23CC4Br)cc1. The zero-order valence-electron chi connectivity index (χ0n) is 23.6. The molecule has 3 heterocycles. The Kier molecular flexibility index (Phi) is 9.01. The second kappa shape index (κ2) is 12.5. The van der Waals surface area contributed by atoms with Crippen molar-refractivity contribution < 1.29 is 24.2 Å². The number of likely N-dealkylation sites (tertiary alicyclic amines) is 1. The summed E-state index contributed by atoms with van der Waals surface area (Å²) in [5, 5.41) is 15.4. The maximum atomic E-state index is 14.0. The lowest BCUT2D eigenvalue weighted by molar-refractivity contribution is -0.140. The van der Waals surface area contributed by atoms with Gasteiger partial charge >= 0.3 is 0 Å². The van der Waals surface area contributed by atoms with Crippen molar-refractivity contribution in [1.82, 2.24) is 10.2 Å². The molecule has 3 unspecified atom stereocenters. The van der Waals surface area contributed by atoms with Crippen LogP contribution in [0.4, 0.5) is 11.4 Å². The Balaban J connectivity index is 1.40. The number of unbranched alkanes of at least 4 members (excludes halogenated alkanes) is 1. The molecule has 3 fully saturated rings. The van der Waals surface area contributed by atoms with Crippen LogP contribution in [0.15, 0.2) is 54.6 Å². The lowest BCUT2D eigenvalue weighted by atomic mass is 9.70. The number of anilines is 2. The molecule has 2 aromatic carbocycles. The molecule has 41 heavy (non-hydrogen) atoms. The summed E-state index contributed by atoms with van der Waals surface area (Å²) in [6.45, 7) is 6.60. The second-order valence-corrected chi connectivity index (χ2v) is 12.2. The van der Waals surface area contributed by atoms with Crippen molar-refractivity contribution in [3.63, 3.8) is 0 Å². The van der Waals surface area contributed by atoms with E-state index in [1.807, 2.05) is 54.6 Å². The molecular weight excluding hydrogens is 588 g/mol. The van der Waals surface area contributed by atoms with Gasteiger partial charge in [0.05, 0.1) is 17.9 Å². The van der Waals surface area contributed by atoms with Gasteiger partial charge in [0.15, 0.2) is 0 Å². The Morgan fingerprint density at radius 2 is 1.78 bits per heavy atom. The van der Waals surface area contributed by atoms with Crippen LogP contribution >= 0.6 is 15.9 Å². The molecule has 3 saturated heterocycles. The van der Waals surface area contributed by atoms with Gasteiger partial charge in [0.2, 0.25) is 17.7 Å². The number of hydrogen-bond donors (Lipinski definition) is 3. The molecule has 2 bridgehead atoms. The normalized spacial score (nSPS) is 28.0. The van der Waals surface area contributed by atoms with Gasteiger partial charge in [0, 0.05) is 49.0 Å². The van der Waals surface area contributed by atoms with Gasteiger partial charge in [-0.1, -0.05) is 46.3 Å². The third-order valence-electron chi connectivity index (χ3n) is 8.72. The van der Waals surface area contributed by atoms with E-state index in [0.29, 0.717) is 38.0 Å². The molecule has 2 aromatic rings. The van der Waals surface area contributed by atoms with Gasteiger partial charge in [-0.15, -0.1) is 0 Å². The predicted molar refractivity (Wildman–Crippen MR) is 161 cm³/mol. The van der Waals surface area contributed by atoms with Gasteiger partial charge in [-0.3, -0.25) is 14.4 Å². The fourth-order valence-corrected chi connectivity index (χ4v) is 7.76. The molecule has 0 aliphatic carbocycles. The first-order valence-electron chi connectivity index (χ1n) is 14.5. The van der Waals surface area contributed by atoms with Crippen molar-refractivity contribution in [3.05, 3.63) is 60.2 Å². The van der Waals surface area contributed by atoms with Gasteiger partial charge < -0.3 is 30.3 Å². The van der Waals surface area contributed by atoms with Crippen LogP contribution in [0.25, 0.3) is 0 Å². The molecule has 3 N–H and O–H groups in total. The molecule has 3 aliphatic heterocycles. The van der Waals surface area contributed by atoms with Crippen molar-refractivity contribution >= 4 is 45.0 Å². The average Bonchev–Trinajstić information content (AvgIpc) is 3.57. The molecule has 5 rings (SSSR count). The number of aliphatic hydroxyl groups excluding tert-OH is 1. The number of nitrogens with one attached hydrogen (secondary N) is 2. The van der Waals surface area contributed by atoms with E-state index in [-0.39, 0.29) is 29.2 Å². The van der Waals surface area contributed by atoms with Gasteiger partial charge in [-0.05, 0) is 62.9 Å². The average molecular weight is 628 g/mol. The van der Waals surface area contributed by atoms with Crippen LogP contribution in [-0.4, -0.2) is 76.5 Å². The number of rotatable bonds is 12. The highest BCUT2D eigenvalue weighted by atomic mass is 79.9. The summed E-state index contributed by atoms with van der Waals surface area (Å²) in [5.74, 6) is -2.28. The summed E-state index contributed by atoms with van der Waals surface area (Å²) in [7, 11) is 0. The maximum Gasteiger partial charge on any atom is 0.250 e. The molecular formula is C31H39BrN4O5. The number of benzene rings is 2. The summed E-state index contributed by atoms with van der Waals surface area (Å²) < 4.78 is 6.55. The standard InChI is InChI=1S/C31H39BrN4O5/c1-3-35(4-2)22-14-12-21(13-15-22)34-29(39)27-31-18-23(32)26(41-31)24(25(31)30(40)36(27)16-8-9-17-37)28(38)33-19-20-10-6-5-7-11-20/h5-7,10-15,23-27,37H,3-4,8-9,16-19H2,1-2H3,(H,33,38)(H,34,39)/t23?,24-,25+,26-,27?,31?/m1/s1. The van der Waals surface area contributed by atoms with E-state index in [0.717, 1.165) is 24.3 Å². The molecule has 10 heteroatoms. The summed E-state index contributed by atoms with van der Waals surface area (Å²) >= 11 is 3.71. The lowest BCUT2D eigenvalue weighted by Crippen LogP contribution is -2.54. The fourth-order valence-electron chi connectivity index (χ4n) is 6.82. The Bertz CT molecular complexity index is 1240. The fraction of sp³-hybridized carbons (Fsp3) is 0.516. The third kappa shape index (κ3) is 5.49. The predicted octanol–water partition coefficient (Wildman–Crippen LogP) is 3.31. The Morgan fingerprint density at radius 3 is 2.44 bits per heavy atom. The Hall–Kier alpha value is -2.95. The number of alkyl halides is 1. The van der Waals surface area contributed by atoms with Crippen LogP contribution in [0.2, 0.25) is 0 Å². The number of hydrogen-bond acceptors (Lipinski definition) is 6. The van der Waals surface area contributed by atoms with Crippen molar-refractivity contribution in [2.24, 2.45) is 11.8 Å². The number of ether oxygens (including phenoxy) is 1.